The van der Waals surface area contributed by atoms with Crippen molar-refractivity contribution >= 4 is 37.0 Å². The van der Waals surface area contributed by atoms with Crippen molar-refractivity contribution in [3.63, 3.8) is 0 Å². The number of aryl methyl sites for hydroxylation is 1. The van der Waals surface area contributed by atoms with Crippen LogP contribution in [0.15, 0.2) is 40.1 Å². The van der Waals surface area contributed by atoms with Gasteiger partial charge in [0.15, 0.2) is 0 Å². The summed E-state index contributed by atoms with van der Waals surface area (Å²) in [5.41, 5.74) is 0.423. The Morgan fingerprint density at radius 3 is 2.28 bits per heavy atom. The monoisotopic (exact) mass is 540 g/mol. The minimum Gasteiger partial charge on any atom is -0.394 e. The molecule has 0 radical (unpaired) electrons. The van der Waals surface area contributed by atoms with Gasteiger partial charge in [0.05, 0.1) is 29.6 Å². The van der Waals surface area contributed by atoms with Crippen LogP contribution in [-0.4, -0.2) is 72.4 Å². The van der Waals surface area contributed by atoms with Gasteiger partial charge in [0, 0.05) is 19.4 Å². The highest BCUT2D eigenvalue weighted by Crippen LogP contribution is 2.28. The number of anilines is 1. The number of aliphatic hydroxyl groups excluding tert-OH is 1. The van der Waals surface area contributed by atoms with Crippen LogP contribution in [0, 0.1) is 0 Å². The van der Waals surface area contributed by atoms with E-state index in [0.29, 0.717) is 48.1 Å². The Morgan fingerprint density at radius 2 is 1.61 bits per heavy atom. The molecule has 0 saturated carbocycles. The summed E-state index contributed by atoms with van der Waals surface area (Å²) < 4.78 is 71.2. The van der Waals surface area contributed by atoms with Crippen molar-refractivity contribution in [2.45, 2.75) is 42.4 Å². The van der Waals surface area contributed by atoms with E-state index in [4.69, 9.17) is 9.84 Å². The summed E-state index contributed by atoms with van der Waals surface area (Å²) in [6, 6.07) is 6.17. The van der Waals surface area contributed by atoms with E-state index in [9.17, 15) is 25.9 Å². The second-order valence-corrected chi connectivity index (χ2v) is 10.8. The number of hydrogen-bond donors (Lipinski definition) is 4. The Kier molecular flexibility index (Phi) is 9.27. The first-order chi connectivity index (χ1) is 17.0. The Bertz CT molecular complexity index is 1420. The van der Waals surface area contributed by atoms with E-state index in [1.165, 1.54) is 18.2 Å². The molecule has 0 amide bonds. The van der Waals surface area contributed by atoms with Crippen LogP contribution >= 0.6 is 0 Å². The molecular weight excluding hydrogens is 512 g/mol. The molecule has 0 aliphatic heterocycles. The lowest BCUT2D eigenvalue weighted by Crippen LogP contribution is -2.15. The lowest BCUT2D eigenvalue weighted by Gasteiger charge is -2.12. The quantitative estimate of drug-likeness (QED) is 0.182. The van der Waals surface area contributed by atoms with Gasteiger partial charge in [-0.1, -0.05) is 19.4 Å². The third-order valence-corrected chi connectivity index (χ3v) is 6.86. The number of hydrogen-bond acceptors (Lipinski definition) is 10. The Balaban J connectivity index is 2.03. The second kappa shape index (κ2) is 12.0. The number of rotatable bonds is 13. The van der Waals surface area contributed by atoms with Gasteiger partial charge < -0.3 is 15.2 Å². The lowest BCUT2D eigenvalue weighted by molar-refractivity contribution is 0.0991. The number of unbranched alkanes of at least 4 members (excludes halogenated alkanes) is 1. The highest BCUT2D eigenvalue weighted by atomic mass is 32.2. The number of nitrogens with one attached hydrogen (secondary N) is 1. The minimum atomic E-state index is -4.61. The SMILES string of the molecule is CCCCc1nc(Cc2cc(S(=O)(=O)O)cc3cc(S(=O)(=O)O)ccc23)nc(NCCOCCO)n1. The van der Waals surface area contributed by atoms with Crippen LogP contribution in [0.3, 0.4) is 0 Å². The van der Waals surface area contributed by atoms with Gasteiger partial charge in [-0.2, -0.15) is 26.8 Å². The third-order valence-electron chi connectivity index (χ3n) is 5.17. The van der Waals surface area contributed by atoms with Gasteiger partial charge in [0.25, 0.3) is 20.2 Å². The van der Waals surface area contributed by atoms with Crippen LogP contribution in [0.4, 0.5) is 5.95 Å². The van der Waals surface area contributed by atoms with Crippen molar-refractivity contribution in [1.82, 2.24) is 15.0 Å². The van der Waals surface area contributed by atoms with Crippen molar-refractivity contribution < 1.29 is 35.8 Å². The number of benzene rings is 2. The van der Waals surface area contributed by atoms with Gasteiger partial charge in [-0.25, -0.2) is 4.98 Å². The van der Waals surface area contributed by atoms with E-state index in [1.54, 1.807) is 0 Å². The van der Waals surface area contributed by atoms with Gasteiger partial charge in [-0.05, 0) is 47.0 Å². The summed E-state index contributed by atoms with van der Waals surface area (Å²) in [4.78, 5) is 12.5. The molecule has 4 N–H and O–H groups in total. The molecule has 0 aliphatic rings. The summed E-state index contributed by atoms with van der Waals surface area (Å²) in [5, 5.41) is 12.5. The molecule has 1 aromatic heterocycles. The largest absolute Gasteiger partial charge is 0.394 e. The molecule has 0 atom stereocenters. The Morgan fingerprint density at radius 1 is 0.917 bits per heavy atom. The summed E-state index contributed by atoms with van der Waals surface area (Å²) in [6.07, 6.45) is 2.44. The van der Waals surface area contributed by atoms with E-state index in [0.717, 1.165) is 25.0 Å². The standard InChI is InChI=1S/C22H28N4O8S2/c1-2-3-4-20-24-21(26-22(25-20)23-7-9-34-10-8-27)14-16-13-18(36(31,32)33)12-15-11-17(35(28,29)30)5-6-19(15)16/h5-6,11-13,27H,2-4,7-10,14H2,1H3,(H,28,29,30)(H,31,32,33)(H,23,24,25,26). The van der Waals surface area contributed by atoms with Crippen molar-refractivity contribution in [3.05, 3.63) is 47.5 Å². The Labute approximate surface area is 209 Å². The van der Waals surface area contributed by atoms with Crippen LogP contribution < -0.4 is 5.32 Å². The molecule has 3 rings (SSSR count). The molecular formula is C22H28N4O8S2. The summed E-state index contributed by atoms with van der Waals surface area (Å²) in [7, 11) is -9.14. The van der Waals surface area contributed by atoms with Crippen LogP contribution in [-0.2, 0) is 37.8 Å². The van der Waals surface area contributed by atoms with E-state index in [2.05, 4.69) is 20.3 Å². The van der Waals surface area contributed by atoms with Crippen molar-refractivity contribution in [3.8, 4) is 0 Å². The fourth-order valence-corrected chi connectivity index (χ4v) is 4.58. The zero-order valence-corrected chi connectivity index (χ0v) is 21.2. The maximum atomic E-state index is 11.9. The fraction of sp³-hybridized carbons (Fsp3) is 0.409. The highest BCUT2D eigenvalue weighted by Gasteiger charge is 2.18. The molecule has 14 heteroatoms. The zero-order chi connectivity index (χ0) is 26.3. The number of aliphatic hydroxyl groups is 1. The molecule has 36 heavy (non-hydrogen) atoms. The van der Waals surface area contributed by atoms with Crippen LogP contribution in [0.2, 0.25) is 0 Å². The molecule has 0 saturated heterocycles. The maximum absolute atomic E-state index is 11.9. The number of fused-ring (bicyclic) bond motifs is 1. The first-order valence-corrected chi connectivity index (χ1v) is 14.1. The van der Waals surface area contributed by atoms with Crippen molar-refractivity contribution in [2.75, 3.05) is 31.7 Å². The van der Waals surface area contributed by atoms with Crippen LogP contribution in [0.5, 0.6) is 0 Å². The van der Waals surface area contributed by atoms with Crippen molar-refractivity contribution in [2.24, 2.45) is 0 Å². The lowest BCUT2D eigenvalue weighted by atomic mass is 10.0. The van der Waals surface area contributed by atoms with Crippen LogP contribution in [0.1, 0.15) is 37.0 Å². The smallest absolute Gasteiger partial charge is 0.294 e. The Hall–Kier alpha value is -2.75. The van der Waals surface area contributed by atoms with E-state index < -0.39 is 30.0 Å². The maximum Gasteiger partial charge on any atom is 0.294 e. The summed E-state index contributed by atoms with van der Waals surface area (Å²) >= 11 is 0. The fourth-order valence-electron chi connectivity index (χ4n) is 3.50. The molecule has 196 valence electrons. The van der Waals surface area contributed by atoms with Gasteiger partial charge >= 0.3 is 0 Å². The average Bonchev–Trinajstić information content (AvgIpc) is 2.81. The minimum absolute atomic E-state index is 0.0580. The molecule has 0 spiro atoms. The molecule has 0 aliphatic carbocycles. The molecule has 2 aromatic carbocycles. The topological polar surface area (TPSA) is 189 Å². The van der Waals surface area contributed by atoms with Crippen molar-refractivity contribution in [1.29, 1.82) is 0 Å². The second-order valence-electron chi connectivity index (χ2n) is 7.95. The molecule has 0 bridgehead atoms. The van der Waals surface area contributed by atoms with Gasteiger partial charge in [-0.3, -0.25) is 9.11 Å². The molecule has 0 fully saturated rings. The average molecular weight is 541 g/mol. The molecule has 3 aromatic rings. The normalized spacial score (nSPS) is 12.2. The van der Waals surface area contributed by atoms with Gasteiger partial charge in [0.2, 0.25) is 5.95 Å². The van der Waals surface area contributed by atoms with E-state index in [1.807, 2.05) is 6.92 Å². The summed E-state index contributed by atoms with van der Waals surface area (Å²) in [6.45, 7) is 2.87. The van der Waals surface area contributed by atoms with E-state index >= 15 is 0 Å². The third kappa shape index (κ3) is 7.62. The van der Waals surface area contributed by atoms with Gasteiger partial charge in [-0.15, -0.1) is 0 Å². The molecule has 0 unspecified atom stereocenters. The highest BCUT2D eigenvalue weighted by molar-refractivity contribution is 7.86. The van der Waals surface area contributed by atoms with Crippen LogP contribution in [0.25, 0.3) is 10.8 Å². The number of aromatic nitrogens is 3. The number of nitrogens with zero attached hydrogens (tertiary/aromatic N) is 3. The predicted molar refractivity (Wildman–Crippen MR) is 131 cm³/mol. The zero-order valence-electron chi connectivity index (χ0n) is 19.6. The van der Waals surface area contributed by atoms with Gasteiger partial charge in [0.1, 0.15) is 11.6 Å². The summed E-state index contributed by atoms with van der Waals surface area (Å²) in [5.74, 6) is 1.19. The molecule has 12 nitrogen and oxygen atoms in total. The first kappa shape index (κ1) is 27.8. The van der Waals surface area contributed by atoms with E-state index in [-0.39, 0.29) is 25.0 Å². The molecule has 1 heterocycles. The predicted octanol–water partition coefficient (Wildman–Crippen LogP) is 1.87. The number of ether oxygens (including phenoxy) is 1. The first-order valence-electron chi connectivity index (χ1n) is 11.2.